The van der Waals surface area contributed by atoms with E-state index < -0.39 is 21.6 Å². The first-order valence-corrected chi connectivity index (χ1v) is 12.6. The molecule has 0 saturated carbocycles. The Morgan fingerprint density at radius 2 is 1.73 bits per heavy atom. The molecule has 9 heteroatoms. The van der Waals surface area contributed by atoms with E-state index in [0.29, 0.717) is 30.9 Å². The van der Waals surface area contributed by atoms with Crippen LogP contribution < -0.4 is 8.61 Å². The Bertz CT molecular complexity index is 1110. The summed E-state index contributed by atoms with van der Waals surface area (Å²) in [6.45, 7) is 6.93. The molecule has 0 aromatic heterocycles. The van der Waals surface area contributed by atoms with Crippen LogP contribution >= 0.6 is 0 Å². The van der Waals surface area contributed by atoms with Gasteiger partial charge < -0.3 is 9.64 Å². The summed E-state index contributed by atoms with van der Waals surface area (Å²) in [5.41, 5.74) is 0.274. The lowest BCUT2D eigenvalue weighted by molar-refractivity contribution is 0.0182. The van der Waals surface area contributed by atoms with Gasteiger partial charge in [0, 0.05) is 19.6 Å². The normalized spacial score (nSPS) is 18.4. The van der Waals surface area contributed by atoms with Crippen LogP contribution in [-0.2, 0) is 14.9 Å². The topological polar surface area (TPSA) is 70.2 Å². The van der Waals surface area contributed by atoms with E-state index in [-0.39, 0.29) is 24.2 Å². The van der Waals surface area contributed by atoms with Crippen LogP contribution in [0.25, 0.3) is 0 Å². The third-order valence-corrected chi connectivity index (χ3v) is 7.73. The molecule has 33 heavy (non-hydrogen) atoms. The van der Waals surface area contributed by atoms with Gasteiger partial charge in [-0.15, -0.1) is 0 Å². The molecule has 1 fully saturated rings. The Morgan fingerprint density at radius 1 is 1.06 bits per heavy atom. The van der Waals surface area contributed by atoms with Crippen molar-refractivity contribution in [3.63, 3.8) is 0 Å². The van der Waals surface area contributed by atoms with Gasteiger partial charge in [-0.2, -0.15) is 8.42 Å². The number of halogens is 1. The third kappa shape index (κ3) is 4.78. The summed E-state index contributed by atoms with van der Waals surface area (Å²) in [4.78, 5) is 14.0. The number of hydrogen-bond acceptors (Lipinski definition) is 4. The SMILES string of the molecule is CC(C)(C)OC(=O)N1CCC(CCN2c3cccc(F)c3N(c3ccccc3)S2(=O)=O)CC1. The molecule has 2 aliphatic heterocycles. The first-order chi connectivity index (χ1) is 15.6. The molecule has 1 saturated heterocycles. The van der Waals surface area contributed by atoms with Crippen LogP contribution in [-0.4, -0.2) is 44.6 Å². The quantitative estimate of drug-likeness (QED) is 0.619. The van der Waals surface area contributed by atoms with Crippen molar-refractivity contribution in [2.24, 2.45) is 5.92 Å². The number of fused-ring (bicyclic) bond motifs is 1. The molecule has 2 heterocycles. The Labute approximate surface area is 194 Å². The highest BCUT2D eigenvalue weighted by Gasteiger charge is 2.43. The highest BCUT2D eigenvalue weighted by molar-refractivity contribution is 7.95. The fourth-order valence-electron chi connectivity index (χ4n) is 4.34. The standard InChI is InChI=1S/C24H30FN3O4S/c1-24(2,3)32-23(29)26-15-12-18(13-16-26)14-17-27-21-11-7-10-20(25)22(21)28(33(27,30)31)19-8-5-4-6-9-19/h4-11,18H,12-17H2,1-3H3. The molecule has 0 aliphatic carbocycles. The number of carbonyl (C=O) groups excluding carboxylic acids is 1. The summed E-state index contributed by atoms with van der Waals surface area (Å²) < 4.78 is 49.6. The lowest BCUT2D eigenvalue weighted by atomic mass is 9.93. The van der Waals surface area contributed by atoms with E-state index in [4.69, 9.17) is 4.74 Å². The zero-order valence-corrected chi connectivity index (χ0v) is 20.0. The minimum Gasteiger partial charge on any atom is -0.444 e. The lowest BCUT2D eigenvalue weighted by Crippen LogP contribution is -2.42. The van der Waals surface area contributed by atoms with Gasteiger partial charge in [-0.25, -0.2) is 13.5 Å². The molecule has 0 atom stereocenters. The van der Waals surface area contributed by atoms with Crippen LogP contribution in [0.4, 0.5) is 26.2 Å². The molecule has 2 aromatic carbocycles. The zero-order chi connectivity index (χ0) is 23.8. The Hall–Kier alpha value is -2.81. The molecule has 2 aliphatic rings. The van der Waals surface area contributed by atoms with E-state index in [1.807, 2.05) is 20.8 Å². The average molecular weight is 476 g/mol. The van der Waals surface area contributed by atoms with Gasteiger partial charge in [0.1, 0.15) is 17.1 Å². The number of likely N-dealkylation sites (tertiary alicyclic amines) is 1. The maximum atomic E-state index is 14.8. The smallest absolute Gasteiger partial charge is 0.410 e. The van der Waals surface area contributed by atoms with Crippen molar-refractivity contribution in [1.82, 2.24) is 4.90 Å². The minimum atomic E-state index is -3.97. The fourth-order valence-corrected chi connectivity index (χ4v) is 6.07. The Kier molecular flexibility index (Phi) is 6.26. The van der Waals surface area contributed by atoms with Crippen molar-refractivity contribution in [2.45, 2.75) is 45.6 Å². The van der Waals surface area contributed by atoms with Crippen molar-refractivity contribution < 1.29 is 22.3 Å². The second kappa shape index (κ2) is 8.85. The molecule has 2 aromatic rings. The number of benzene rings is 2. The number of nitrogens with zero attached hydrogens (tertiary/aromatic N) is 3. The number of piperidine rings is 1. The second-order valence-electron chi connectivity index (χ2n) is 9.49. The molecule has 1 amide bonds. The van der Waals surface area contributed by atoms with Crippen molar-refractivity contribution in [1.29, 1.82) is 0 Å². The maximum Gasteiger partial charge on any atom is 0.410 e. The molecule has 0 N–H and O–H groups in total. The number of para-hydroxylation sites is 2. The highest BCUT2D eigenvalue weighted by atomic mass is 32.2. The van der Waals surface area contributed by atoms with E-state index in [1.54, 1.807) is 41.3 Å². The molecule has 0 radical (unpaired) electrons. The monoisotopic (exact) mass is 475 g/mol. The predicted molar refractivity (Wildman–Crippen MR) is 126 cm³/mol. The van der Waals surface area contributed by atoms with Crippen molar-refractivity contribution in [2.75, 3.05) is 28.2 Å². The molecule has 178 valence electrons. The highest BCUT2D eigenvalue weighted by Crippen LogP contribution is 2.47. The van der Waals surface area contributed by atoms with Crippen molar-refractivity contribution in [3.8, 4) is 0 Å². The van der Waals surface area contributed by atoms with E-state index in [0.717, 1.165) is 17.1 Å². The first kappa shape index (κ1) is 23.4. The van der Waals surface area contributed by atoms with Crippen molar-refractivity contribution in [3.05, 3.63) is 54.3 Å². The van der Waals surface area contributed by atoms with Crippen LogP contribution in [0.1, 0.15) is 40.0 Å². The van der Waals surface area contributed by atoms with E-state index in [9.17, 15) is 17.6 Å². The van der Waals surface area contributed by atoms with E-state index in [2.05, 4.69) is 0 Å². The predicted octanol–water partition coefficient (Wildman–Crippen LogP) is 5.07. The number of rotatable bonds is 4. The van der Waals surface area contributed by atoms with Gasteiger partial charge in [-0.3, -0.25) is 4.31 Å². The maximum absolute atomic E-state index is 14.8. The van der Waals surface area contributed by atoms with Gasteiger partial charge in [-0.1, -0.05) is 24.3 Å². The zero-order valence-electron chi connectivity index (χ0n) is 19.2. The van der Waals surface area contributed by atoms with Gasteiger partial charge in [0.05, 0.1) is 11.4 Å². The molecular formula is C24H30FN3O4S. The summed E-state index contributed by atoms with van der Waals surface area (Å²) in [5, 5.41) is 0. The second-order valence-corrected chi connectivity index (χ2v) is 11.2. The van der Waals surface area contributed by atoms with Gasteiger partial charge >= 0.3 is 16.3 Å². The van der Waals surface area contributed by atoms with Crippen molar-refractivity contribution >= 4 is 33.4 Å². The summed E-state index contributed by atoms with van der Waals surface area (Å²) in [7, 11) is -3.97. The van der Waals surface area contributed by atoms with E-state index in [1.165, 1.54) is 16.4 Å². The van der Waals surface area contributed by atoms with Crippen LogP contribution in [0.3, 0.4) is 0 Å². The largest absolute Gasteiger partial charge is 0.444 e. The molecule has 0 unspecified atom stereocenters. The average Bonchev–Trinajstić information content (AvgIpc) is 2.99. The molecule has 0 bridgehead atoms. The summed E-state index contributed by atoms with van der Waals surface area (Å²) in [5.74, 6) is -0.310. The van der Waals surface area contributed by atoms with Gasteiger partial charge in [0.15, 0.2) is 0 Å². The summed E-state index contributed by atoms with van der Waals surface area (Å²) in [6, 6.07) is 13.0. The Balaban J connectivity index is 1.46. The number of amides is 1. The van der Waals surface area contributed by atoms with Crippen LogP contribution in [0.5, 0.6) is 0 Å². The third-order valence-electron chi connectivity index (χ3n) is 5.94. The number of anilines is 3. The lowest BCUT2D eigenvalue weighted by Gasteiger charge is -2.34. The van der Waals surface area contributed by atoms with E-state index >= 15 is 0 Å². The molecule has 0 spiro atoms. The Morgan fingerprint density at radius 3 is 2.36 bits per heavy atom. The fraction of sp³-hybridized carbons (Fsp3) is 0.458. The number of ether oxygens (including phenoxy) is 1. The molecule has 4 rings (SSSR count). The van der Waals surface area contributed by atoms with Gasteiger partial charge in [0.25, 0.3) is 0 Å². The molecular weight excluding hydrogens is 445 g/mol. The molecule has 7 nitrogen and oxygen atoms in total. The first-order valence-electron chi connectivity index (χ1n) is 11.2. The number of hydrogen-bond donors (Lipinski definition) is 0. The van der Waals surface area contributed by atoms with Gasteiger partial charge in [0.2, 0.25) is 0 Å². The summed E-state index contributed by atoms with van der Waals surface area (Å²) >= 11 is 0. The number of carbonyl (C=O) groups is 1. The van der Waals surface area contributed by atoms with Crippen LogP contribution in [0.2, 0.25) is 0 Å². The van der Waals surface area contributed by atoms with Gasteiger partial charge in [-0.05, 0) is 70.2 Å². The van der Waals surface area contributed by atoms with Crippen LogP contribution in [0, 0.1) is 11.7 Å². The van der Waals surface area contributed by atoms with Crippen LogP contribution in [0.15, 0.2) is 48.5 Å². The minimum absolute atomic E-state index is 0.0587. The summed E-state index contributed by atoms with van der Waals surface area (Å²) in [6.07, 6.45) is 1.85.